The SMILES string of the molecule is COc1cc2c(cc1OC)C1=Cc3ccc(OC)c(OC)c3C[N+]1([O-])CC2. The van der Waals surface area contributed by atoms with Crippen LogP contribution < -0.4 is 18.9 Å². The van der Waals surface area contributed by atoms with Gasteiger partial charge in [0.2, 0.25) is 0 Å². The van der Waals surface area contributed by atoms with E-state index in [2.05, 4.69) is 0 Å². The topological polar surface area (TPSA) is 60.0 Å². The zero-order valence-corrected chi connectivity index (χ0v) is 16.0. The van der Waals surface area contributed by atoms with Gasteiger partial charge in [-0.25, -0.2) is 0 Å². The molecule has 0 saturated carbocycles. The van der Waals surface area contributed by atoms with Crippen LogP contribution in [-0.2, 0) is 13.0 Å². The molecule has 2 aliphatic heterocycles. The van der Waals surface area contributed by atoms with Gasteiger partial charge in [-0.3, -0.25) is 0 Å². The summed E-state index contributed by atoms with van der Waals surface area (Å²) in [6, 6.07) is 7.73. The standard InChI is InChI=1S/C21H23NO5/c1-24-18-6-5-13-9-17-15-11-20(26-3)19(25-2)10-14(15)7-8-22(17,23)12-16(13)21(18)27-4/h5-6,9-11H,7-8,12H2,1-4H3. The van der Waals surface area contributed by atoms with E-state index >= 15 is 0 Å². The first-order valence-electron chi connectivity index (χ1n) is 8.84. The number of hydroxylamine groups is 3. The molecule has 0 amide bonds. The predicted octanol–water partition coefficient (Wildman–Crippen LogP) is 3.60. The van der Waals surface area contributed by atoms with Gasteiger partial charge in [0.1, 0.15) is 12.2 Å². The van der Waals surface area contributed by atoms with Crippen molar-refractivity contribution in [3.63, 3.8) is 0 Å². The summed E-state index contributed by atoms with van der Waals surface area (Å²) in [5.41, 5.74) is 4.65. The van der Waals surface area contributed by atoms with Gasteiger partial charge in [-0.15, -0.1) is 0 Å². The van der Waals surface area contributed by atoms with E-state index in [9.17, 15) is 5.21 Å². The average molecular weight is 369 g/mol. The molecule has 0 fully saturated rings. The first-order valence-corrected chi connectivity index (χ1v) is 8.84. The number of hydrogen-bond acceptors (Lipinski definition) is 5. The van der Waals surface area contributed by atoms with Crippen LogP contribution in [0.2, 0.25) is 0 Å². The third-order valence-electron chi connectivity index (χ3n) is 5.46. The van der Waals surface area contributed by atoms with Crippen molar-refractivity contribution in [2.75, 3.05) is 35.0 Å². The molecule has 4 rings (SSSR count). The van der Waals surface area contributed by atoms with E-state index in [-0.39, 0.29) is 0 Å². The lowest BCUT2D eigenvalue weighted by Crippen LogP contribution is -2.45. The average Bonchev–Trinajstić information content (AvgIpc) is 2.70. The Labute approximate surface area is 158 Å². The van der Waals surface area contributed by atoms with Crippen LogP contribution >= 0.6 is 0 Å². The van der Waals surface area contributed by atoms with Crippen molar-refractivity contribution in [1.29, 1.82) is 0 Å². The molecule has 6 nitrogen and oxygen atoms in total. The van der Waals surface area contributed by atoms with E-state index in [4.69, 9.17) is 18.9 Å². The van der Waals surface area contributed by atoms with Crippen molar-refractivity contribution in [2.45, 2.75) is 13.0 Å². The summed E-state index contributed by atoms with van der Waals surface area (Å²) < 4.78 is 21.4. The molecule has 0 bridgehead atoms. The number of quaternary nitrogens is 1. The van der Waals surface area contributed by atoms with Gasteiger partial charge in [-0.1, -0.05) is 6.07 Å². The summed E-state index contributed by atoms with van der Waals surface area (Å²) in [5, 5.41) is 13.8. The van der Waals surface area contributed by atoms with Crippen LogP contribution in [0.15, 0.2) is 24.3 Å². The molecule has 1 atom stereocenters. The fourth-order valence-corrected chi connectivity index (χ4v) is 4.07. The fraction of sp³-hybridized carbons (Fsp3) is 0.333. The molecule has 0 spiro atoms. The normalized spacial score (nSPS) is 20.0. The Morgan fingerprint density at radius 2 is 1.59 bits per heavy atom. The molecule has 142 valence electrons. The van der Waals surface area contributed by atoms with E-state index in [1.54, 1.807) is 28.4 Å². The Balaban J connectivity index is 1.92. The number of fused-ring (bicyclic) bond motifs is 4. The Bertz CT molecular complexity index is 937. The summed E-state index contributed by atoms with van der Waals surface area (Å²) in [4.78, 5) is 0. The van der Waals surface area contributed by atoms with E-state index in [0.717, 1.165) is 28.0 Å². The highest BCUT2D eigenvalue weighted by Crippen LogP contribution is 2.47. The number of rotatable bonds is 4. The number of nitrogens with zero attached hydrogens (tertiary/aromatic N) is 1. The van der Waals surface area contributed by atoms with E-state index < -0.39 is 4.65 Å². The minimum atomic E-state index is -0.418. The van der Waals surface area contributed by atoms with Gasteiger partial charge in [0.25, 0.3) is 0 Å². The van der Waals surface area contributed by atoms with Crippen LogP contribution in [0, 0.1) is 5.21 Å². The van der Waals surface area contributed by atoms with Crippen LogP contribution in [0.25, 0.3) is 11.8 Å². The van der Waals surface area contributed by atoms with Gasteiger partial charge in [-0.05, 0) is 29.3 Å². The maximum atomic E-state index is 13.8. The highest BCUT2D eigenvalue weighted by atomic mass is 16.5. The largest absolute Gasteiger partial charge is 0.627 e. The first kappa shape index (κ1) is 17.7. The van der Waals surface area contributed by atoms with Gasteiger partial charge in [0.15, 0.2) is 23.0 Å². The molecule has 0 radical (unpaired) electrons. The molecule has 2 heterocycles. The Morgan fingerprint density at radius 3 is 2.26 bits per heavy atom. The third-order valence-corrected chi connectivity index (χ3v) is 5.46. The number of methoxy groups -OCH3 is 4. The monoisotopic (exact) mass is 369 g/mol. The van der Waals surface area contributed by atoms with Crippen LogP contribution in [0.1, 0.15) is 22.3 Å². The molecule has 0 N–H and O–H groups in total. The lowest BCUT2D eigenvalue weighted by molar-refractivity contribution is -0.824. The van der Waals surface area contributed by atoms with Crippen molar-refractivity contribution in [1.82, 2.24) is 0 Å². The molecule has 1 unspecified atom stereocenters. The Hall–Kier alpha value is -2.70. The van der Waals surface area contributed by atoms with Gasteiger partial charge in [-0.2, -0.15) is 0 Å². The second-order valence-electron chi connectivity index (χ2n) is 6.78. The van der Waals surface area contributed by atoms with Crippen molar-refractivity contribution in [2.24, 2.45) is 0 Å². The third kappa shape index (κ3) is 2.64. The molecule has 0 saturated heterocycles. The first-order chi connectivity index (χ1) is 13.0. The molecular weight excluding hydrogens is 346 g/mol. The van der Waals surface area contributed by atoms with Gasteiger partial charge < -0.3 is 28.8 Å². The highest BCUT2D eigenvalue weighted by Gasteiger charge is 2.38. The second-order valence-corrected chi connectivity index (χ2v) is 6.78. The van der Waals surface area contributed by atoms with Crippen molar-refractivity contribution < 1.29 is 23.6 Å². The number of benzene rings is 2. The molecule has 2 aliphatic rings. The second kappa shape index (κ2) is 6.48. The van der Waals surface area contributed by atoms with Crippen molar-refractivity contribution >= 4 is 11.8 Å². The van der Waals surface area contributed by atoms with Crippen LogP contribution in [0.5, 0.6) is 23.0 Å². The number of ether oxygens (including phenoxy) is 4. The zero-order valence-electron chi connectivity index (χ0n) is 16.0. The van der Waals surface area contributed by atoms with Gasteiger partial charge in [0, 0.05) is 18.1 Å². The number of hydrogen-bond donors (Lipinski definition) is 0. The maximum Gasteiger partial charge on any atom is 0.170 e. The van der Waals surface area contributed by atoms with Crippen LogP contribution in [0.3, 0.4) is 0 Å². The van der Waals surface area contributed by atoms with E-state index in [1.807, 2.05) is 30.3 Å². The van der Waals surface area contributed by atoms with E-state index in [0.29, 0.717) is 42.5 Å². The Morgan fingerprint density at radius 1 is 0.889 bits per heavy atom. The maximum absolute atomic E-state index is 13.8. The molecule has 2 aromatic rings. The predicted molar refractivity (Wildman–Crippen MR) is 103 cm³/mol. The lowest BCUT2D eigenvalue weighted by atomic mass is 9.89. The summed E-state index contributed by atoms with van der Waals surface area (Å²) in [6.07, 6.45) is 2.65. The van der Waals surface area contributed by atoms with Crippen LogP contribution in [0.4, 0.5) is 0 Å². The molecular formula is C21H23NO5. The summed E-state index contributed by atoms with van der Waals surface area (Å²) in [7, 11) is 6.44. The van der Waals surface area contributed by atoms with Crippen molar-refractivity contribution in [3.05, 3.63) is 51.7 Å². The summed E-state index contributed by atoms with van der Waals surface area (Å²) >= 11 is 0. The summed E-state index contributed by atoms with van der Waals surface area (Å²) in [6.45, 7) is 0.781. The van der Waals surface area contributed by atoms with Crippen LogP contribution in [-0.4, -0.2) is 39.6 Å². The quantitative estimate of drug-likeness (QED) is 0.609. The minimum Gasteiger partial charge on any atom is -0.627 e. The fourth-order valence-electron chi connectivity index (χ4n) is 4.07. The zero-order chi connectivity index (χ0) is 19.2. The lowest BCUT2D eigenvalue weighted by Gasteiger charge is -2.49. The molecule has 27 heavy (non-hydrogen) atoms. The molecule has 0 aliphatic carbocycles. The van der Waals surface area contributed by atoms with Crippen molar-refractivity contribution in [3.8, 4) is 23.0 Å². The van der Waals surface area contributed by atoms with Gasteiger partial charge >= 0.3 is 0 Å². The Kier molecular flexibility index (Phi) is 4.25. The molecule has 2 aromatic carbocycles. The minimum absolute atomic E-state index is 0.315. The molecule has 0 aromatic heterocycles. The van der Waals surface area contributed by atoms with Gasteiger partial charge in [0.05, 0.1) is 40.5 Å². The smallest absolute Gasteiger partial charge is 0.170 e. The molecule has 6 heteroatoms. The van der Waals surface area contributed by atoms with E-state index in [1.165, 1.54) is 0 Å². The summed E-state index contributed by atoms with van der Waals surface area (Å²) in [5.74, 6) is 2.59. The highest BCUT2D eigenvalue weighted by molar-refractivity contribution is 5.84.